The number of rotatable bonds is 8. The number of amides is 1. The average Bonchev–Trinajstić information content (AvgIpc) is 3.28. The van der Waals surface area contributed by atoms with E-state index in [-0.39, 0.29) is 11.7 Å². The van der Waals surface area contributed by atoms with Gasteiger partial charge in [0.1, 0.15) is 12.1 Å². The zero-order chi connectivity index (χ0) is 21.5. The number of carbonyl (C=O) groups is 1. The molecule has 6 nitrogen and oxygen atoms in total. The summed E-state index contributed by atoms with van der Waals surface area (Å²) in [4.78, 5) is 14.7. The van der Waals surface area contributed by atoms with Crippen molar-refractivity contribution < 1.29 is 9.53 Å². The lowest BCUT2D eigenvalue weighted by atomic mass is 10.3. The van der Waals surface area contributed by atoms with Gasteiger partial charge in [0.2, 0.25) is 5.91 Å². The van der Waals surface area contributed by atoms with E-state index in [4.69, 9.17) is 4.74 Å². The molecular weight excluding hydrogens is 428 g/mol. The fourth-order valence-electron chi connectivity index (χ4n) is 2.83. The highest BCUT2D eigenvalue weighted by molar-refractivity contribution is 8.00. The molecule has 1 N–H and O–H groups in total. The first-order valence-corrected chi connectivity index (χ1v) is 11.3. The number of hydrogen-bond donors (Lipinski definition) is 1. The van der Waals surface area contributed by atoms with Crippen molar-refractivity contribution >= 4 is 35.1 Å². The van der Waals surface area contributed by atoms with Gasteiger partial charge in [-0.2, -0.15) is 0 Å². The number of para-hydroxylation sites is 1. The summed E-state index contributed by atoms with van der Waals surface area (Å²) in [5.74, 6) is 0.895. The highest BCUT2D eigenvalue weighted by Gasteiger charge is 2.12. The molecule has 156 valence electrons. The molecule has 0 aliphatic carbocycles. The topological polar surface area (TPSA) is 69.0 Å². The summed E-state index contributed by atoms with van der Waals surface area (Å²) in [6.07, 6.45) is 1.63. The van der Waals surface area contributed by atoms with E-state index in [0.29, 0.717) is 5.16 Å². The van der Waals surface area contributed by atoms with Gasteiger partial charge in [0, 0.05) is 15.5 Å². The molecule has 1 aromatic heterocycles. The van der Waals surface area contributed by atoms with Gasteiger partial charge in [0.15, 0.2) is 5.16 Å². The van der Waals surface area contributed by atoms with Crippen LogP contribution in [0.4, 0.5) is 5.69 Å². The molecule has 31 heavy (non-hydrogen) atoms. The van der Waals surface area contributed by atoms with E-state index in [1.165, 1.54) is 11.8 Å². The Kier molecular flexibility index (Phi) is 6.91. The standard InChI is InChI=1S/C23H20N4O2S2/c1-29-18-13-11-17(12-14-18)27-16-24-26-23(27)30-15-22(28)25-20-9-5-6-10-21(20)31-19-7-3-2-4-8-19/h2-14,16H,15H2,1H3,(H,25,28). The molecule has 3 aromatic carbocycles. The minimum Gasteiger partial charge on any atom is -0.497 e. The van der Waals surface area contributed by atoms with Crippen molar-refractivity contribution in [2.45, 2.75) is 14.9 Å². The van der Waals surface area contributed by atoms with Crippen molar-refractivity contribution in [2.75, 3.05) is 18.2 Å². The zero-order valence-electron chi connectivity index (χ0n) is 16.8. The van der Waals surface area contributed by atoms with E-state index in [1.807, 2.05) is 83.4 Å². The van der Waals surface area contributed by atoms with E-state index in [2.05, 4.69) is 15.5 Å². The van der Waals surface area contributed by atoms with Crippen molar-refractivity contribution in [1.29, 1.82) is 0 Å². The van der Waals surface area contributed by atoms with Crippen LogP contribution >= 0.6 is 23.5 Å². The summed E-state index contributed by atoms with van der Waals surface area (Å²) in [6, 6.07) is 25.5. The molecule has 0 unspecified atom stereocenters. The summed E-state index contributed by atoms with van der Waals surface area (Å²) >= 11 is 2.95. The third-order valence-electron chi connectivity index (χ3n) is 4.33. The Balaban J connectivity index is 1.40. The van der Waals surface area contributed by atoms with Gasteiger partial charge >= 0.3 is 0 Å². The predicted octanol–water partition coefficient (Wildman–Crippen LogP) is 5.16. The second kappa shape index (κ2) is 10.2. The van der Waals surface area contributed by atoms with Crippen LogP contribution in [0.15, 0.2) is 100 Å². The van der Waals surface area contributed by atoms with Crippen LogP contribution in [0, 0.1) is 0 Å². The molecule has 1 amide bonds. The van der Waals surface area contributed by atoms with Gasteiger partial charge in [0.05, 0.1) is 18.6 Å². The smallest absolute Gasteiger partial charge is 0.234 e. The quantitative estimate of drug-likeness (QED) is 0.376. The Hall–Kier alpha value is -3.23. The normalized spacial score (nSPS) is 10.6. The number of hydrogen-bond acceptors (Lipinski definition) is 6. The van der Waals surface area contributed by atoms with Gasteiger partial charge in [-0.1, -0.05) is 53.9 Å². The molecule has 8 heteroatoms. The summed E-state index contributed by atoms with van der Waals surface area (Å²) in [7, 11) is 1.63. The molecule has 0 atom stereocenters. The van der Waals surface area contributed by atoms with Crippen LogP contribution in [0.1, 0.15) is 0 Å². The number of anilines is 1. The first-order valence-electron chi connectivity index (χ1n) is 9.52. The van der Waals surface area contributed by atoms with E-state index in [1.54, 1.807) is 25.2 Å². The maximum Gasteiger partial charge on any atom is 0.234 e. The molecule has 1 heterocycles. The second-order valence-electron chi connectivity index (χ2n) is 6.43. The summed E-state index contributed by atoms with van der Waals surface area (Å²) < 4.78 is 7.04. The zero-order valence-corrected chi connectivity index (χ0v) is 18.4. The monoisotopic (exact) mass is 448 g/mol. The number of nitrogens with zero attached hydrogens (tertiary/aromatic N) is 3. The van der Waals surface area contributed by atoms with E-state index < -0.39 is 0 Å². The lowest BCUT2D eigenvalue weighted by molar-refractivity contribution is -0.113. The maximum absolute atomic E-state index is 12.6. The Morgan fingerprint density at radius 1 is 1.00 bits per heavy atom. The van der Waals surface area contributed by atoms with Gasteiger partial charge in [-0.25, -0.2) is 0 Å². The number of carbonyl (C=O) groups excluding carboxylic acids is 1. The van der Waals surface area contributed by atoms with Crippen LogP contribution in [-0.4, -0.2) is 33.5 Å². The number of thioether (sulfide) groups is 1. The van der Waals surface area contributed by atoms with Crippen molar-refractivity contribution in [1.82, 2.24) is 14.8 Å². The van der Waals surface area contributed by atoms with E-state index in [9.17, 15) is 4.79 Å². The third-order valence-corrected chi connectivity index (χ3v) is 6.36. The van der Waals surface area contributed by atoms with Gasteiger partial charge < -0.3 is 10.1 Å². The van der Waals surface area contributed by atoms with Crippen LogP contribution in [0.5, 0.6) is 5.75 Å². The van der Waals surface area contributed by atoms with Crippen molar-refractivity contribution in [2.24, 2.45) is 0 Å². The Morgan fingerprint density at radius 2 is 1.74 bits per heavy atom. The van der Waals surface area contributed by atoms with Gasteiger partial charge in [-0.3, -0.25) is 9.36 Å². The minimum atomic E-state index is -0.101. The van der Waals surface area contributed by atoms with Crippen molar-refractivity contribution in [3.05, 3.63) is 85.2 Å². The lowest BCUT2D eigenvalue weighted by Gasteiger charge is -2.11. The SMILES string of the molecule is COc1ccc(-n2cnnc2SCC(=O)Nc2ccccc2Sc2ccccc2)cc1. The molecule has 0 spiro atoms. The fraction of sp³-hybridized carbons (Fsp3) is 0.0870. The van der Waals surface area contributed by atoms with Gasteiger partial charge in [-0.15, -0.1) is 10.2 Å². The van der Waals surface area contributed by atoms with Crippen LogP contribution < -0.4 is 10.1 Å². The fourth-order valence-corrected chi connectivity index (χ4v) is 4.49. The largest absolute Gasteiger partial charge is 0.497 e. The highest BCUT2D eigenvalue weighted by Crippen LogP contribution is 2.33. The van der Waals surface area contributed by atoms with E-state index in [0.717, 1.165) is 26.9 Å². The average molecular weight is 449 g/mol. The Bertz CT molecular complexity index is 1150. The molecule has 0 aliphatic rings. The van der Waals surface area contributed by atoms with Crippen LogP contribution in [0.25, 0.3) is 5.69 Å². The second-order valence-corrected chi connectivity index (χ2v) is 8.49. The number of aromatic nitrogens is 3. The van der Waals surface area contributed by atoms with Crippen LogP contribution in [0.3, 0.4) is 0 Å². The summed E-state index contributed by atoms with van der Waals surface area (Å²) in [5, 5.41) is 11.8. The predicted molar refractivity (Wildman–Crippen MR) is 124 cm³/mol. The van der Waals surface area contributed by atoms with Gasteiger partial charge in [0.25, 0.3) is 0 Å². The maximum atomic E-state index is 12.6. The number of nitrogens with one attached hydrogen (secondary N) is 1. The lowest BCUT2D eigenvalue weighted by Crippen LogP contribution is -2.15. The third kappa shape index (κ3) is 5.48. The first-order chi connectivity index (χ1) is 15.2. The molecule has 0 saturated carbocycles. The van der Waals surface area contributed by atoms with Gasteiger partial charge in [-0.05, 0) is 48.5 Å². The molecule has 0 radical (unpaired) electrons. The Morgan fingerprint density at radius 3 is 2.52 bits per heavy atom. The molecule has 0 bridgehead atoms. The minimum absolute atomic E-state index is 0.101. The molecule has 4 aromatic rings. The number of benzene rings is 3. The number of methoxy groups -OCH3 is 1. The molecule has 0 aliphatic heterocycles. The number of ether oxygens (including phenoxy) is 1. The molecular formula is C23H20N4O2S2. The Labute approximate surface area is 189 Å². The van der Waals surface area contributed by atoms with Crippen molar-refractivity contribution in [3.63, 3.8) is 0 Å². The van der Waals surface area contributed by atoms with Crippen molar-refractivity contribution in [3.8, 4) is 11.4 Å². The first kappa shape index (κ1) is 21.0. The van der Waals surface area contributed by atoms with Crippen LogP contribution in [0.2, 0.25) is 0 Å². The molecule has 0 fully saturated rings. The molecule has 4 rings (SSSR count). The summed E-state index contributed by atoms with van der Waals surface area (Å²) in [5.41, 5.74) is 1.69. The highest BCUT2D eigenvalue weighted by atomic mass is 32.2. The summed E-state index contributed by atoms with van der Waals surface area (Å²) in [6.45, 7) is 0. The molecule has 0 saturated heterocycles. The van der Waals surface area contributed by atoms with Crippen LogP contribution in [-0.2, 0) is 4.79 Å². The van der Waals surface area contributed by atoms with E-state index >= 15 is 0 Å².